The van der Waals surface area contributed by atoms with Crippen LogP contribution in [-0.4, -0.2) is 39.0 Å². The summed E-state index contributed by atoms with van der Waals surface area (Å²) in [5.74, 6) is -0.0832. The van der Waals surface area contributed by atoms with E-state index in [4.69, 9.17) is 16.3 Å². The van der Waals surface area contributed by atoms with Gasteiger partial charge >= 0.3 is 6.09 Å². The molecule has 7 nitrogen and oxygen atoms in total. The summed E-state index contributed by atoms with van der Waals surface area (Å²) in [7, 11) is -3.87. The fourth-order valence-corrected chi connectivity index (χ4v) is 3.47. The third kappa shape index (κ3) is 7.85. The lowest BCUT2D eigenvalue weighted by atomic mass is 10.1. The topological polar surface area (TPSA) is 102 Å². The van der Waals surface area contributed by atoms with Crippen LogP contribution < -0.4 is 10.0 Å². The zero-order chi connectivity index (χ0) is 19.3. The van der Waals surface area contributed by atoms with Crippen LogP contribution in [0.25, 0.3) is 0 Å². The monoisotopic (exact) mass is 390 g/mol. The molecule has 25 heavy (non-hydrogen) atoms. The zero-order valence-corrected chi connectivity index (χ0v) is 16.3. The molecular formula is C16H23ClN2O5S. The lowest BCUT2D eigenvalue weighted by Gasteiger charge is -2.19. The van der Waals surface area contributed by atoms with Gasteiger partial charge in [-0.25, -0.2) is 17.9 Å². The number of rotatable bonds is 7. The molecule has 0 bridgehead atoms. The third-order valence-electron chi connectivity index (χ3n) is 2.82. The number of nitrogens with one attached hydrogen (secondary N) is 2. The second kappa shape index (κ2) is 8.64. The van der Waals surface area contributed by atoms with Crippen molar-refractivity contribution in [3.05, 3.63) is 28.8 Å². The van der Waals surface area contributed by atoms with Gasteiger partial charge in [-0.05, 0) is 45.4 Å². The predicted molar refractivity (Wildman–Crippen MR) is 95.3 cm³/mol. The van der Waals surface area contributed by atoms with Gasteiger partial charge in [0.15, 0.2) is 0 Å². The van der Waals surface area contributed by atoms with Crippen LogP contribution in [0.3, 0.4) is 0 Å². The molecule has 9 heteroatoms. The molecule has 0 unspecified atom stereocenters. The van der Waals surface area contributed by atoms with Crippen molar-refractivity contribution < 1.29 is 22.7 Å². The highest BCUT2D eigenvalue weighted by molar-refractivity contribution is 7.89. The minimum Gasteiger partial charge on any atom is -0.444 e. The summed E-state index contributed by atoms with van der Waals surface area (Å²) in [4.78, 5) is 22.6. The van der Waals surface area contributed by atoms with E-state index in [9.17, 15) is 18.0 Å². The van der Waals surface area contributed by atoms with Gasteiger partial charge in [0.05, 0.1) is 5.02 Å². The summed E-state index contributed by atoms with van der Waals surface area (Å²) in [6.07, 6.45) is -0.506. The summed E-state index contributed by atoms with van der Waals surface area (Å²) < 4.78 is 32.1. The second-order valence-corrected chi connectivity index (χ2v) is 8.61. The summed E-state index contributed by atoms with van der Waals surface area (Å²) in [5.41, 5.74) is -0.0713. The normalized spacial score (nSPS) is 11.9. The molecule has 0 aliphatic carbocycles. The minimum atomic E-state index is -3.87. The van der Waals surface area contributed by atoms with Gasteiger partial charge in [-0.1, -0.05) is 17.7 Å². The molecule has 0 radical (unpaired) electrons. The number of alkyl carbamates (subject to hydrolysis) is 1. The molecule has 0 saturated carbocycles. The highest BCUT2D eigenvalue weighted by Crippen LogP contribution is 2.22. The van der Waals surface area contributed by atoms with Crippen molar-refractivity contribution in [1.29, 1.82) is 0 Å². The molecule has 0 aromatic heterocycles. The van der Waals surface area contributed by atoms with Crippen molar-refractivity contribution in [3.63, 3.8) is 0 Å². The average Bonchev–Trinajstić information content (AvgIpc) is 2.43. The largest absolute Gasteiger partial charge is 0.444 e. The third-order valence-corrected chi connectivity index (χ3v) is 4.77. The van der Waals surface area contributed by atoms with Gasteiger partial charge in [0.25, 0.3) is 0 Å². The van der Waals surface area contributed by atoms with Gasteiger partial charge in [0.2, 0.25) is 10.0 Å². The van der Waals surface area contributed by atoms with Crippen LogP contribution in [0, 0.1) is 0 Å². The Labute approximate surface area is 153 Å². The van der Waals surface area contributed by atoms with Crippen LogP contribution in [0.4, 0.5) is 4.79 Å². The maximum absolute atomic E-state index is 12.3. The van der Waals surface area contributed by atoms with E-state index in [-0.39, 0.29) is 35.2 Å². The number of benzene rings is 1. The molecule has 1 rings (SSSR count). The van der Waals surface area contributed by atoms with Crippen molar-refractivity contribution in [1.82, 2.24) is 10.0 Å². The number of carbonyl (C=O) groups excluding carboxylic acids is 2. The SMILES string of the molecule is CC(=O)Cc1ccc(Cl)c(S(=O)(=O)NCCNC(=O)OC(C)(C)C)c1. The fraction of sp³-hybridized carbons (Fsp3) is 0.500. The van der Waals surface area contributed by atoms with Crippen LogP contribution >= 0.6 is 11.6 Å². The van der Waals surface area contributed by atoms with E-state index < -0.39 is 21.7 Å². The molecule has 1 amide bonds. The quantitative estimate of drug-likeness (QED) is 0.695. The molecule has 140 valence electrons. The molecule has 0 saturated heterocycles. The summed E-state index contributed by atoms with van der Waals surface area (Å²) in [5, 5.41) is 2.51. The zero-order valence-electron chi connectivity index (χ0n) is 14.7. The maximum Gasteiger partial charge on any atom is 0.407 e. The number of ketones is 1. The van der Waals surface area contributed by atoms with Crippen LogP contribution in [0.1, 0.15) is 33.3 Å². The standard InChI is InChI=1S/C16H23ClN2O5S/c1-11(20)9-12-5-6-13(17)14(10-12)25(22,23)19-8-7-18-15(21)24-16(2,3)4/h5-6,10,19H,7-9H2,1-4H3,(H,18,21). The van der Waals surface area contributed by atoms with Crippen LogP contribution in [-0.2, 0) is 26.0 Å². The number of carbonyl (C=O) groups is 2. The Balaban J connectivity index is 2.67. The fourth-order valence-electron chi connectivity index (χ4n) is 1.89. The van der Waals surface area contributed by atoms with Gasteiger partial charge in [0.1, 0.15) is 16.3 Å². The predicted octanol–water partition coefficient (Wildman–Crippen LogP) is 2.27. The smallest absolute Gasteiger partial charge is 0.407 e. The number of Topliss-reactive ketones (excluding diaryl/α,β-unsaturated/α-hetero) is 1. The average molecular weight is 391 g/mol. The molecule has 2 N–H and O–H groups in total. The lowest BCUT2D eigenvalue weighted by Crippen LogP contribution is -2.37. The van der Waals surface area contributed by atoms with E-state index in [1.54, 1.807) is 26.8 Å². The van der Waals surface area contributed by atoms with Crippen LogP contribution in [0.15, 0.2) is 23.1 Å². The minimum absolute atomic E-state index is 0.0329. The van der Waals surface area contributed by atoms with Gasteiger partial charge in [-0.15, -0.1) is 0 Å². The second-order valence-electron chi connectivity index (χ2n) is 6.47. The molecular weight excluding hydrogens is 368 g/mol. The first kappa shape index (κ1) is 21.4. The molecule has 0 fully saturated rings. The Hall–Kier alpha value is -1.64. The van der Waals surface area contributed by atoms with Crippen LogP contribution in [0.5, 0.6) is 0 Å². The molecule has 1 aromatic rings. The Morgan fingerprint density at radius 3 is 2.40 bits per heavy atom. The van der Waals surface area contributed by atoms with Gasteiger partial charge in [-0.2, -0.15) is 0 Å². The van der Waals surface area contributed by atoms with Crippen molar-refractivity contribution in [2.75, 3.05) is 13.1 Å². The number of hydrogen-bond acceptors (Lipinski definition) is 5. The number of hydrogen-bond donors (Lipinski definition) is 2. The Kier molecular flexibility index (Phi) is 7.40. The Morgan fingerprint density at radius 2 is 1.84 bits per heavy atom. The Bertz CT molecular complexity index is 741. The molecule has 0 heterocycles. The van der Waals surface area contributed by atoms with Gasteiger partial charge in [0, 0.05) is 19.5 Å². The highest BCUT2D eigenvalue weighted by Gasteiger charge is 2.19. The van der Waals surface area contributed by atoms with Crippen molar-refractivity contribution >= 4 is 33.5 Å². The van der Waals surface area contributed by atoms with E-state index in [0.717, 1.165) is 0 Å². The van der Waals surface area contributed by atoms with Crippen molar-refractivity contribution in [3.8, 4) is 0 Å². The van der Waals surface area contributed by atoms with Gasteiger partial charge < -0.3 is 10.1 Å². The number of ether oxygens (including phenoxy) is 1. The summed E-state index contributed by atoms with van der Waals surface area (Å²) in [6.45, 7) is 6.62. The first-order valence-corrected chi connectivity index (χ1v) is 9.51. The van der Waals surface area contributed by atoms with Crippen LogP contribution in [0.2, 0.25) is 5.02 Å². The van der Waals surface area contributed by atoms with Crippen molar-refractivity contribution in [2.45, 2.75) is 44.6 Å². The van der Waals surface area contributed by atoms with E-state index in [2.05, 4.69) is 10.0 Å². The lowest BCUT2D eigenvalue weighted by molar-refractivity contribution is -0.116. The first-order valence-electron chi connectivity index (χ1n) is 7.65. The summed E-state index contributed by atoms with van der Waals surface area (Å²) >= 11 is 5.96. The molecule has 0 aliphatic rings. The summed E-state index contributed by atoms with van der Waals surface area (Å²) in [6, 6.07) is 4.41. The maximum atomic E-state index is 12.3. The number of halogens is 1. The van der Waals surface area contributed by atoms with Crippen molar-refractivity contribution in [2.24, 2.45) is 0 Å². The highest BCUT2D eigenvalue weighted by atomic mass is 35.5. The van der Waals surface area contributed by atoms with E-state index in [1.807, 2.05) is 0 Å². The Morgan fingerprint density at radius 1 is 1.20 bits per heavy atom. The number of sulfonamides is 1. The van der Waals surface area contributed by atoms with E-state index in [0.29, 0.717) is 5.56 Å². The molecule has 1 aromatic carbocycles. The van der Waals surface area contributed by atoms with Gasteiger partial charge in [-0.3, -0.25) is 4.79 Å². The molecule has 0 spiro atoms. The van der Waals surface area contributed by atoms with E-state index >= 15 is 0 Å². The number of amides is 1. The first-order chi connectivity index (χ1) is 11.4. The molecule has 0 aliphatic heterocycles. The van der Waals surface area contributed by atoms with E-state index in [1.165, 1.54) is 19.1 Å². The molecule has 0 atom stereocenters.